The van der Waals surface area contributed by atoms with Crippen molar-refractivity contribution >= 4 is 22.8 Å². The van der Waals surface area contributed by atoms with Crippen LogP contribution >= 0.6 is 0 Å². The number of esters is 1. The van der Waals surface area contributed by atoms with Gasteiger partial charge in [-0.25, -0.2) is 0 Å². The second-order valence-corrected chi connectivity index (χ2v) is 6.59. The Morgan fingerprint density at radius 2 is 1.92 bits per heavy atom. The predicted molar refractivity (Wildman–Crippen MR) is 92.8 cm³/mol. The van der Waals surface area contributed by atoms with E-state index in [0.717, 1.165) is 27.7 Å². The van der Waals surface area contributed by atoms with Crippen molar-refractivity contribution in [3.63, 3.8) is 0 Å². The van der Waals surface area contributed by atoms with Crippen molar-refractivity contribution in [1.29, 1.82) is 0 Å². The number of benzene rings is 1. The SMILES string of the molecule is Cc1ccc2c(CC(=O)O[C@H](C)C(=O)NCC(C)C)coc2c1C. The summed E-state index contributed by atoms with van der Waals surface area (Å²) in [6.07, 6.45) is 0.859. The van der Waals surface area contributed by atoms with Crippen molar-refractivity contribution in [2.24, 2.45) is 5.92 Å². The third-order valence-corrected chi connectivity index (χ3v) is 4.04. The molecule has 130 valence electrons. The number of hydrogen-bond acceptors (Lipinski definition) is 4. The van der Waals surface area contributed by atoms with E-state index < -0.39 is 12.1 Å². The second kappa shape index (κ2) is 7.51. The fourth-order valence-electron chi connectivity index (χ4n) is 2.42. The lowest BCUT2D eigenvalue weighted by Crippen LogP contribution is -2.37. The summed E-state index contributed by atoms with van der Waals surface area (Å²) >= 11 is 0. The molecule has 0 bridgehead atoms. The Balaban J connectivity index is 2.00. The average molecular weight is 331 g/mol. The fraction of sp³-hybridized carbons (Fsp3) is 0.474. The van der Waals surface area contributed by atoms with E-state index in [0.29, 0.717) is 12.5 Å². The summed E-state index contributed by atoms with van der Waals surface area (Å²) in [6.45, 7) is 10.2. The van der Waals surface area contributed by atoms with E-state index in [1.165, 1.54) is 0 Å². The third kappa shape index (κ3) is 4.16. The molecule has 0 aliphatic heterocycles. The highest BCUT2D eigenvalue weighted by molar-refractivity contribution is 5.89. The predicted octanol–water partition coefficient (Wildman–Crippen LogP) is 3.30. The molecule has 1 atom stereocenters. The van der Waals surface area contributed by atoms with E-state index in [4.69, 9.17) is 9.15 Å². The molecule has 0 saturated carbocycles. The van der Waals surface area contributed by atoms with Gasteiger partial charge in [0.15, 0.2) is 6.10 Å². The highest BCUT2D eigenvalue weighted by atomic mass is 16.5. The molecule has 0 unspecified atom stereocenters. The van der Waals surface area contributed by atoms with Gasteiger partial charge in [0.25, 0.3) is 5.91 Å². The van der Waals surface area contributed by atoms with Crippen LogP contribution in [0.3, 0.4) is 0 Å². The highest BCUT2D eigenvalue weighted by Gasteiger charge is 2.19. The van der Waals surface area contributed by atoms with E-state index in [-0.39, 0.29) is 12.3 Å². The van der Waals surface area contributed by atoms with Gasteiger partial charge in [0.2, 0.25) is 0 Å². The van der Waals surface area contributed by atoms with E-state index >= 15 is 0 Å². The Kier molecular flexibility index (Phi) is 5.65. The molecule has 0 aliphatic rings. The molecule has 0 spiro atoms. The standard InChI is InChI=1S/C19H25NO4/c1-11(2)9-20-19(22)14(5)24-17(21)8-15-10-23-18-13(4)12(3)6-7-16(15)18/h6-7,10-11,14H,8-9H2,1-5H3,(H,20,22)/t14-/m1/s1. The van der Waals surface area contributed by atoms with Crippen molar-refractivity contribution in [3.05, 3.63) is 35.1 Å². The minimum atomic E-state index is -0.807. The van der Waals surface area contributed by atoms with E-state index in [1.807, 2.05) is 39.8 Å². The zero-order valence-corrected chi connectivity index (χ0v) is 14.9. The topological polar surface area (TPSA) is 68.5 Å². The van der Waals surface area contributed by atoms with Crippen LogP contribution in [0.2, 0.25) is 0 Å². The first-order valence-corrected chi connectivity index (χ1v) is 8.23. The Bertz CT molecular complexity index is 745. The van der Waals surface area contributed by atoms with Crippen LogP contribution in [-0.2, 0) is 20.7 Å². The lowest BCUT2D eigenvalue weighted by molar-refractivity contribution is -0.154. The van der Waals surface area contributed by atoms with Crippen molar-refractivity contribution in [2.75, 3.05) is 6.54 Å². The van der Waals surface area contributed by atoms with E-state index in [2.05, 4.69) is 5.32 Å². The Hall–Kier alpha value is -2.30. The van der Waals surface area contributed by atoms with Crippen molar-refractivity contribution < 1.29 is 18.7 Å². The monoisotopic (exact) mass is 331 g/mol. The van der Waals surface area contributed by atoms with Gasteiger partial charge in [-0.15, -0.1) is 0 Å². The molecule has 1 heterocycles. The lowest BCUT2D eigenvalue weighted by atomic mass is 10.0. The van der Waals surface area contributed by atoms with Crippen molar-refractivity contribution in [3.8, 4) is 0 Å². The number of hydrogen-bond donors (Lipinski definition) is 1. The molecule has 2 rings (SSSR count). The number of rotatable bonds is 6. The first kappa shape index (κ1) is 18.0. The van der Waals surface area contributed by atoms with E-state index in [1.54, 1.807) is 13.2 Å². The van der Waals surface area contributed by atoms with Gasteiger partial charge in [-0.2, -0.15) is 0 Å². The zero-order chi connectivity index (χ0) is 17.9. The molecule has 1 amide bonds. The van der Waals surface area contributed by atoms with Gasteiger partial charge in [0, 0.05) is 17.5 Å². The minimum Gasteiger partial charge on any atom is -0.464 e. The molecule has 1 N–H and O–H groups in total. The Labute approximate surface area is 142 Å². The van der Waals surface area contributed by atoms with E-state index in [9.17, 15) is 9.59 Å². The minimum absolute atomic E-state index is 0.0807. The number of aryl methyl sites for hydroxylation is 2. The summed E-state index contributed by atoms with van der Waals surface area (Å²) in [7, 11) is 0. The summed E-state index contributed by atoms with van der Waals surface area (Å²) in [5.74, 6) is -0.371. The third-order valence-electron chi connectivity index (χ3n) is 4.04. The van der Waals surface area contributed by atoms with Crippen molar-refractivity contribution in [2.45, 2.75) is 47.1 Å². The molecular weight excluding hydrogens is 306 g/mol. The summed E-state index contributed by atoms with van der Waals surface area (Å²) in [5, 5.41) is 3.66. The van der Waals surface area contributed by atoms with Crippen LogP contribution in [0.4, 0.5) is 0 Å². The molecule has 0 aliphatic carbocycles. The Morgan fingerprint density at radius 1 is 1.21 bits per heavy atom. The quantitative estimate of drug-likeness (QED) is 0.825. The first-order chi connectivity index (χ1) is 11.3. The van der Waals surface area contributed by atoms with Gasteiger partial charge in [-0.1, -0.05) is 26.0 Å². The van der Waals surface area contributed by atoms with Crippen LogP contribution in [0.1, 0.15) is 37.5 Å². The van der Waals surface area contributed by atoms with Crippen LogP contribution < -0.4 is 5.32 Å². The largest absolute Gasteiger partial charge is 0.464 e. The average Bonchev–Trinajstić information content (AvgIpc) is 2.91. The summed E-state index contributed by atoms with van der Waals surface area (Å²) < 4.78 is 10.8. The summed E-state index contributed by atoms with van der Waals surface area (Å²) in [5.41, 5.74) is 3.77. The number of ether oxygens (including phenoxy) is 1. The molecule has 0 saturated heterocycles. The van der Waals surface area contributed by atoms with Crippen LogP contribution in [0.25, 0.3) is 11.0 Å². The highest BCUT2D eigenvalue weighted by Crippen LogP contribution is 2.26. The number of amides is 1. The molecule has 1 aromatic carbocycles. The zero-order valence-electron chi connectivity index (χ0n) is 14.9. The molecule has 24 heavy (non-hydrogen) atoms. The molecular formula is C19H25NO4. The second-order valence-electron chi connectivity index (χ2n) is 6.59. The molecule has 0 fully saturated rings. The first-order valence-electron chi connectivity index (χ1n) is 8.23. The number of fused-ring (bicyclic) bond motifs is 1. The summed E-state index contributed by atoms with van der Waals surface area (Å²) in [6, 6.07) is 3.95. The van der Waals surface area contributed by atoms with Gasteiger partial charge in [-0.3, -0.25) is 9.59 Å². The Morgan fingerprint density at radius 3 is 2.58 bits per heavy atom. The lowest BCUT2D eigenvalue weighted by Gasteiger charge is -2.14. The summed E-state index contributed by atoms with van der Waals surface area (Å²) in [4.78, 5) is 24.0. The van der Waals surface area contributed by atoms with Gasteiger partial charge < -0.3 is 14.5 Å². The van der Waals surface area contributed by atoms with Gasteiger partial charge in [0.05, 0.1) is 12.7 Å². The molecule has 1 aromatic heterocycles. The number of nitrogens with one attached hydrogen (secondary N) is 1. The van der Waals surface area contributed by atoms with Crippen LogP contribution in [0.5, 0.6) is 0 Å². The van der Waals surface area contributed by atoms with Crippen molar-refractivity contribution in [1.82, 2.24) is 5.32 Å². The normalized spacial score (nSPS) is 12.4. The maximum atomic E-state index is 12.1. The number of carbonyl (C=O) groups is 2. The van der Waals surface area contributed by atoms with Gasteiger partial charge in [0.1, 0.15) is 5.58 Å². The van der Waals surface area contributed by atoms with Crippen LogP contribution in [-0.4, -0.2) is 24.5 Å². The molecule has 2 aromatic rings. The molecule has 5 heteroatoms. The fourth-order valence-corrected chi connectivity index (χ4v) is 2.42. The molecule has 5 nitrogen and oxygen atoms in total. The molecule has 0 radical (unpaired) electrons. The number of furan rings is 1. The van der Waals surface area contributed by atoms with Crippen LogP contribution in [0.15, 0.2) is 22.8 Å². The van der Waals surface area contributed by atoms with Crippen LogP contribution in [0, 0.1) is 19.8 Å². The number of carbonyl (C=O) groups excluding carboxylic acids is 2. The maximum absolute atomic E-state index is 12.1. The van der Waals surface area contributed by atoms with Gasteiger partial charge >= 0.3 is 5.97 Å². The van der Waals surface area contributed by atoms with Gasteiger partial charge in [-0.05, 0) is 37.8 Å². The smallest absolute Gasteiger partial charge is 0.311 e. The maximum Gasteiger partial charge on any atom is 0.311 e.